The number of benzene rings is 3. The van der Waals surface area contributed by atoms with Gasteiger partial charge in [-0.3, -0.25) is 4.79 Å². The first-order valence-electron chi connectivity index (χ1n) is 9.82. The number of carbonyl (C=O) groups excluding carboxylic acids is 1. The van der Waals surface area contributed by atoms with Crippen molar-refractivity contribution < 1.29 is 14.6 Å². The van der Waals surface area contributed by atoms with Gasteiger partial charge in [-0.1, -0.05) is 24.3 Å². The fourth-order valence-electron chi connectivity index (χ4n) is 3.96. The van der Waals surface area contributed by atoms with Crippen molar-refractivity contribution in [2.45, 2.75) is 27.3 Å². The highest BCUT2D eigenvalue weighted by atomic mass is 16.5. The highest BCUT2D eigenvalue weighted by Gasteiger charge is 2.21. The molecule has 3 aromatic carbocycles. The summed E-state index contributed by atoms with van der Waals surface area (Å²) < 4.78 is 7.66. The van der Waals surface area contributed by atoms with Gasteiger partial charge in [0.1, 0.15) is 17.2 Å². The van der Waals surface area contributed by atoms with Gasteiger partial charge in [-0.25, -0.2) is 0 Å². The zero-order valence-corrected chi connectivity index (χ0v) is 16.8. The lowest BCUT2D eigenvalue weighted by Gasteiger charge is -2.12. The molecule has 4 rings (SSSR count). The van der Waals surface area contributed by atoms with E-state index in [1.807, 2.05) is 67.8 Å². The Kier molecular flexibility index (Phi) is 4.89. The minimum absolute atomic E-state index is 0.172. The molecule has 148 valence electrons. The molecular weight excluding hydrogens is 364 g/mol. The largest absolute Gasteiger partial charge is 0.507 e. The maximum atomic E-state index is 13.3. The first-order chi connectivity index (χ1) is 14.0. The van der Waals surface area contributed by atoms with Crippen LogP contribution in [0.15, 0.2) is 54.6 Å². The van der Waals surface area contributed by atoms with Crippen LogP contribution in [0, 0.1) is 6.92 Å². The van der Waals surface area contributed by atoms with Crippen LogP contribution in [0.3, 0.4) is 0 Å². The summed E-state index contributed by atoms with van der Waals surface area (Å²) in [5.41, 5.74) is 3.23. The number of aromatic hydroxyl groups is 1. The Morgan fingerprint density at radius 2 is 1.79 bits per heavy atom. The monoisotopic (exact) mass is 388 g/mol. The number of carbonyl (C=O) groups is 1. The van der Waals surface area contributed by atoms with Gasteiger partial charge in [-0.05, 0) is 56.7 Å². The summed E-state index contributed by atoms with van der Waals surface area (Å²) in [5.74, 6) is 0.822. The number of ether oxygens (including phenoxy) is 1. The molecule has 1 aromatic heterocycles. The molecule has 1 amide bonds. The van der Waals surface area contributed by atoms with Crippen molar-refractivity contribution >= 4 is 33.3 Å². The summed E-state index contributed by atoms with van der Waals surface area (Å²) in [5, 5.41) is 15.7. The van der Waals surface area contributed by atoms with E-state index in [0.717, 1.165) is 27.6 Å². The molecule has 0 aliphatic heterocycles. The quantitative estimate of drug-likeness (QED) is 0.476. The van der Waals surface area contributed by atoms with E-state index in [1.165, 1.54) is 0 Å². The summed E-state index contributed by atoms with van der Waals surface area (Å²) >= 11 is 0. The summed E-state index contributed by atoms with van der Waals surface area (Å²) in [6.45, 7) is 7.23. The number of rotatable bonds is 5. The molecule has 0 saturated carbocycles. The van der Waals surface area contributed by atoms with E-state index in [0.29, 0.717) is 29.9 Å². The third-order valence-electron chi connectivity index (χ3n) is 5.28. The molecule has 29 heavy (non-hydrogen) atoms. The standard InChI is InChI=1S/C24H24N2O3/c1-4-26-21-13-12-16(29-5-2)14-19(21)15(3)23(26)24(28)25-20-10-6-9-18-17(20)8-7-11-22(18)27/h6-14,27H,4-5H2,1-3H3,(H,25,28). The number of fused-ring (bicyclic) bond motifs is 2. The minimum atomic E-state index is -0.172. The number of hydrogen-bond donors (Lipinski definition) is 2. The van der Waals surface area contributed by atoms with Gasteiger partial charge in [-0.15, -0.1) is 0 Å². The Hall–Kier alpha value is -3.47. The van der Waals surface area contributed by atoms with Crippen LogP contribution in [0.25, 0.3) is 21.7 Å². The maximum absolute atomic E-state index is 13.3. The Bertz CT molecular complexity index is 1220. The van der Waals surface area contributed by atoms with Crippen molar-refractivity contribution in [3.63, 3.8) is 0 Å². The number of nitrogens with zero attached hydrogens (tertiary/aromatic N) is 1. The summed E-state index contributed by atoms with van der Waals surface area (Å²) in [4.78, 5) is 13.3. The van der Waals surface area contributed by atoms with E-state index in [2.05, 4.69) is 5.32 Å². The molecule has 5 nitrogen and oxygen atoms in total. The summed E-state index contributed by atoms with van der Waals surface area (Å²) in [6.07, 6.45) is 0. The average Bonchev–Trinajstić information content (AvgIpc) is 3.00. The van der Waals surface area contributed by atoms with E-state index < -0.39 is 0 Å². The van der Waals surface area contributed by atoms with Crippen LogP contribution in [0.1, 0.15) is 29.9 Å². The van der Waals surface area contributed by atoms with Crippen LogP contribution in [-0.4, -0.2) is 22.2 Å². The van der Waals surface area contributed by atoms with Crippen LogP contribution in [0.4, 0.5) is 5.69 Å². The zero-order valence-electron chi connectivity index (χ0n) is 16.8. The highest BCUT2D eigenvalue weighted by Crippen LogP contribution is 2.32. The van der Waals surface area contributed by atoms with E-state index in [9.17, 15) is 9.90 Å². The van der Waals surface area contributed by atoms with Crippen molar-refractivity contribution in [2.24, 2.45) is 0 Å². The highest BCUT2D eigenvalue weighted by molar-refractivity contribution is 6.12. The number of aromatic nitrogens is 1. The van der Waals surface area contributed by atoms with Gasteiger partial charge in [0.15, 0.2) is 0 Å². The number of phenols is 1. The van der Waals surface area contributed by atoms with Crippen LogP contribution in [0.2, 0.25) is 0 Å². The normalized spacial score (nSPS) is 11.1. The molecular formula is C24H24N2O3. The number of amides is 1. The molecule has 5 heteroatoms. The number of nitrogens with one attached hydrogen (secondary N) is 1. The Morgan fingerprint density at radius 3 is 2.55 bits per heavy atom. The minimum Gasteiger partial charge on any atom is -0.507 e. The molecule has 0 saturated heterocycles. The van der Waals surface area contributed by atoms with Crippen molar-refractivity contribution in [3.05, 3.63) is 65.9 Å². The van der Waals surface area contributed by atoms with E-state index in [1.54, 1.807) is 12.1 Å². The Labute approximate surface area is 169 Å². The second-order valence-corrected chi connectivity index (χ2v) is 6.96. The molecule has 0 unspecified atom stereocenters. The van der Waals surface area contributed by atoms with Gasteiger partial charge in [0.2, 0.25) is 0 Å². The Balaban J connectivity index is 1.80. The Morgan fingerprint density at radius 1 is 1.03 bits per heavy atom. The number of hydrogen-bond acceptors (Lipinski definition) is 3. The second kappa shape index (κ2) is 7.51. The first kappa shape index (κ1) is 18.9. The third-order valence-corrected chi connectivity index (χ3v) is 5.28. The van der Waals surface area contributed by atoms with Gasteiger partial charge in [0, 0.05) is 33.9 Å². The fourth-order valence-corrected chi connectivity index (χ4v) is 3.96. The number of phenolic OH excluding ortho intramolecular Hbond substituents is 1. The molecule has 0 aliphatic carbocycles. The van der Waals surface area contributed by atoms with Crippen molar-refractivity contribution in [1.29, 1.82) is 0 Å². The van der Waals surface area contributed by atoms with Crippen LogP contribution < -0.4 is 10.1 Å². The topological polar surface area (TPSA) is 63.5 Å². The predicted octanol–water partition coefficient (Wildman–Crippen LogP) is 5.48. The van der Waals surface area contributed by atoms with Gasteiger partial charge < -0.3 is 19.7 Å². The fraction of sp³-hybridized carbons (Fsp3) is 0.208. The van der Waals surface area contributed by atoms with E-state index in [-0.39, 0.29) is 11.7 Å². The second-order valence-electron chi connectivity index (χ2n) is 6.96. The lowest BCUT2D eigenvalue weighted by molar-refractivity contribution is 0.101. The number of anilines is 1. The zero-order chi connectivity index (χ0) is 20.5. The summed E-state index contributed by atoms with van der Waals surface area (Å²) in [6, 6.07) is 16.8. The molecule has 0 fully saturated rings. The average molecular weight is 388 g/mol. The van der Waals surface area contributed by atoms with Gasteiger partial charge in [0.05, 0.1) is 6.61 Å². The lowest BCUT2D eigenvalue weighted by Crippen LogP contribution is -2.18. The molecule has 0 spiro atoms. The molecule has 0 aliphatic rings. The molecule has 2 N–H and O–H groups in total. The maximum Gasteiger partial charge on any atom is 0.272 e. The molecule has 0 radical (unpaired) electrons. The first-order valence-corrected chi connectivity index (χ1v) is 9.82. The van der Waals surface area contributed by atoms with Crippen LogP contribution in [0.5, 0.6) is 11.5 Å². The van der Waals surface area contributed by atoms with Gasteiger partial charge >= 0.3 is 0 Å². The predicted molar refractivity (Wildman–Crippen MR) is 117 cm³/mol. The van der Waals surface area contributed by atoms with Crippen molar-refractivity contribution in [1.82, 2.24) is 4.57 Å². The molecule has 0 atom stereocenters. The SMILES string of the molecule is CCOc1ccc2c(c1)c(C)c(C(=O)Nc1cccc3c(O)cccc13)n2CC. The van der Waals surface area contributed by atoms with Gasteiger partial charge in [-0.2, -0.15) is 0 Å². The molecule has 4 aromatic rings. The van der Waals surface area contributed by atoms with E-state index in [4.69, 9.17) is 4.74 Å². The third kappa shape index (κ3) is 3.18. The smallest absolute Gasteiger partial charge is 0.272 e. The van der Waals surface area contributed by atoms with Crippen LogP contribution >= 0.6 is 0 Å². The molecule has 1 heterocycles. The molecule has 0 bridgehead atoms. The lowest BCUT2D eigenvalue weighted by atomic mass is 10.1. The van der Waals surface area contributed by atoms with Crippen molar-refractivity contribution in [3.8, 4) is 11.5 Å². The summed E-state index contributed by atoms with van der Waals surface area (Å²) in [7, 11) is 0. The van der Waals surface area contributed by atoms with Crippen LogP contribution in [-0.2, 0) is 6.54 Å². The van der Waals surface area contributed by atoms with E-state index >= 15 is 0 Å². The van der Waals surface area contributed by atoms with Crippen molar-refractivity contribution in [2.75, 3.05) is 11.9 Å². The number of aryl methyl sites for hydroxylation is 2. The van der Waals surface area contributed by atoms with Gasteiger partial charge in [0.25, 0.3) is 5.91 Å².